The SMILES string of the molecule is C=CCNC(=O)C(C)N(Cc1ccc(OC)cc1)C(C)=O. The van der Waals surface area contributed by atoms with E-state index in [9.17, 15) is 9.59 Å². The van der Waals surface area contributed by atoms with Crippen molar-refractivity contribution in [3.05, 3.63) is 42.5 Å². The third-order valence-corrected chi connectivity index (χ3v) is 3.18. The summed E-state index contributed by atoms with van der Waals surface area (Å²) in [5.41, 5.74) is 0.939. The van der Waals surface area contributed by atoms with Crippen molar-refractivity contribution in [2.24, 2.45) is 0 Å². The molecule has 1 aromatic rings. The first-order valence-electron chi connectivity index (χ1n) is 6.78. The Labute approximate surface area is 125 Å². The second-order valence-corrected chi connectivity index (χ2v) is 4.70. The number of amides is 2. The predicted octanol–water partition coefficient (Wildman–Crippen LogP) is 1.73. The molecule has 2 amide bonds. The van der Waals surface area contributed by atoms with E-state index in [0.29, 0.717) is 13.1 Å². The highest BCUT2D eigenvalue weighted by atomic mass is 16.5. The molecule has 0 radical (unpaired) electrons. The fraction of sp³-hybridized carbons (Fsp3) is 0.375. The monoisotopic (exact) mass is 290 g/mol. The summed E-state index contributed by atoms with van der Waals surface area (Å²) in [5, 5.41) is 2.70. The molecule has 0 fully saturated rings. The third kappa shape index (κ3) is 4.95. The number of nitrogens with zero attached hydrogens (tertiary/aromatic N) is 1. The Kier molecular flexibility index (Phi) is 6.46. The van der Waals surface area contributed by atoms with Gasteiger partial charge in [-0.15, -0.1) is 6.58 Å². The van der Waals surface area contributed by atoms with E-state index >= 15 is 0 Å². The Morgan fingerprint density at radius 3 is 2.48 bits per heavy atom. The Morgan fingerprint density at radius 1 is 1.38 bits per heavy atom. The molecule has 0 aromatic heterocycles. The van der Waals surface area contributed by atoms with Crippen molar-refractivity contribution < 1.29 is 14.3 Å². The average molecular weight is 290 g/mol. The van der Waals surface area contributed by atoms with Crippen molar-refractivity contribution in [3.8, 4) is 5.75 Å². The number of hydrogen-bond acceptors (Lipinski definition) is 3. The zero-order chi connectivity index (χ0) is 15.8. The zero-order valence-corrected chi connectivity index (χ0v) is 12.8. The van der Waals surface area contributed by atoms with Crippen LogP contribution in [0.1, 0.15) is 19.4 Å². The van der Waals surface area contributed by atoms with E-state index in [1.54, 1.807) is 20.1 Å². The summed E-state index contributed by atoms with van der Waals surface area (Å²) in [6.45, 7) is 7.48. The zero-order valence-electron chi connectivity index (χ0n) is 12.8. The van der Waals surface area contributed by atoms with E-state index in [1.807, 2.05) is 24.3 Å². The normalized spacial score (nSPS) is 11.4. The van der Waals surface area contributed by atoms with Gasteiger partial charge >= 0.3 is 0 Å². The lowest BCUT2D eigenvalue weighted by Gasteiger charge is -2.27. The first-order valence-corrected chi connectivity index (χ1v) is 6.78. The van der Waals surface area contributed by atoms with Crippen molar-refractivity contribution in [2.75, 3.05) is 13.7 Å². The Bertz CT molecular complexity index is 497. The smallest absolute Gasteiger partial charge is 0.242 e. The molecule has 21 heavy (non-hydrogen) atoms. The fourth-order valence-corrected chi connectivity index (χ4v) is 1.91. The lowest BCUT2D eigenvalue weighted by atomic mass is 10.1. The molecule has 0 heterocycles. The maximum absolute atomic E-state index is 12.0. The summed E-state index contributed by atoms with van der Waals surface area (Å²) in [6, 6.07) is 6.88. The van der Waals surface area contributed by atoms with Crippen LogP contribution in [-0.2, 0) is 16.1 Å². The van der Waals surface area contributed by atoms with Crippen LogP contribution in [0.25, 0.3) is 0 Å². The van der Waals surface area contributed by atoms with Crippen LogP contribution < -0.4 is 10.1 Å². The van der Waals surface area contributed by atoms with Gasteiger partial charge in [0, 0.05) is 20.0 Å². The molecule has 1 aromatic carbocycles. The maximum Gasteiger partial charge on any atom is 0.242 e. The molecular weight excluding hydrogens is 268 g/mol. The van der Waals surface area contributed by atoms with Gasteiger partial charge in [0.05, 0.1) is 7.11 Å². The second-order valence-electron chi connectivity index (χ2n) is 4.70. The van der Waals surface area contributed by atoms with Crippen molar-refractivity contribution >= 4 is 11.8 Å². The number of carbonyl (C=O) groups is 2. The van der Waals surface area contributed by atoms with Gasteiger partial charge in [0.15, 0.2) is 0 Å². The van der Waals surface area contributed by atoms with E-state index in [-0.39, 0.29) is 11.8 Å². The summed E-state index contributed by atoms with van der Waals surface area (Å²) in [7, 11) is 1.60. The van der Waals surface area contributed by atoms with Crippen LogP contribution in [0, 0.1) is 0 Å². The van der Waals surface area contributed by atoms with Crippen molar-refractivity contribution in [3.63, 3.8) is 0 Å². The van der Waals surface area contributed by atoms with Crippen LogP contribution in [0.2, 0.25) is 0 Å². The van der Waals surface area contributed by atoms with Gasteiger partial charge in [-0.2, -0.15) is 0 Å². The molecule has 0 saturated heterocycles. The predicted molar refractivity (Wildman–Crippen MR) is 81.9 cm³/mol. The van der Waals surface area contributed by atoms with Crippen molar-refractivity contribution in [2.45, 2.75) is 26.4 Å². The van der Waals surface area contributed by atoms with Crippen molar-refractivity contribution in [1.29, 1.82) is 0 Å². The van der Waals surface area contributed by atoms with E-state index < -0.39 is 6.04 Å². The minimum absolute atomic E-state index is 0.146. The standard InChI is InChI=1S/C16H22N2O3/c1-5-10-17-16(20)12(2)18(13(3)19)11-14-6-8-15(21-4)9-7-14/h5-9,12H,1,10-11H2,2-4H3,(H,17,20). The fourth-order valence-electron chi connectivity index (χ4n) is 1.91. The lowest BCUT2D eigenvalue weighted by Crippen LogP contribution is -2.46. The molecule has 1 atom stereocenters. The van der Waals surface area contributed by atoms with Gasteiger partial charge in [-0.1, -0.05) is 18.2 Å². The molecule has 5 heteroatoms. The maximum atomic E-state index is 12.0. The van der Waals surface area contributed by atoms with Gasteiger partial charge < -0.3 is 15.0 Å². The van der Waals surface area contributed by atoms with Crippen LogP contribution in [0.3, 0.4) is 0 Å². The average Bonchev–Trinajstić information content (AvgIpc) is 2.49. The number of carbonyl (C=O) groups excluding carboxylic acids is 2. The number of hydrogen-bond donors (Lipinski definition) is 1. The first-order chi connectivity index (χ1) is 9.99. The number of nitrogens with one attached hydrogen (secondary N) is 1. The molecule has 0 spiro atoms. The highest BCUT2D eigenvalue weighted by Gasteiger charge is 2.23. The van der Waals surface area contributed by atoms with Gasteiger partial charge in [-0.25, -0.2) is 0 Å². The molecule has 0 saturated carbocycles. The second kappa shape index (κ2) is 8.09. The summed E-state index contributed by atoms with van der Waals surface area (Å²) < 4.78 is 5.10. The van der Waals surface area contributed by atoms with Gasteiger partial charge in [-0.05, 0) is 24.6 Å². The number of rotatable bonds is 7. The summed E-state index contributed by atoms with van der Waals surface area (Å²) in [6.07, 6.45) is 1.60. The highest BCUT2D eigenvalue weighted by Crippen LogP contribution is 2.14. The third-order valence-electron chi connectivity index (χ3n) is 3.18. The van der Waals surface area contributed by atoms with Gasteiger partial charge in [0.2, 0.25) is 11.8 Å². The van der Waals surface area contributed by atoms with E-state index in [2.05, 4.69) is 11.9 Å². The molecule has 5 nitrogen and oxygen atoms in total. The Morgan fingerprint density at radius 2 is 2.00 bits per heavy atom. The molecular formula is C16H22N2O3. The topological polar surface area (TPSA) is 58.6 Å². The lowest BCUT2D eigenvalue weighted by molar-refractivity contribution is -0.138. The Hall–Kier alpha value is -2.30. The largest absolute Gasteiger partial charge is 0.497 e. The summed E-state index contributed by atoms with van der Waals surface area (Å²) in [4.78, 5) is 25.3. The quantitative estimate of drug-likeness (QED) is 0.778. The van der Waals surface area contributed by atoms with Gasteiger partial charge in [0.25, 0.3) is 0 Å². The van der Waals surface area contributed by atoms with E-state index in [4.69, 9.17) is 4.74 Å². The number of methoxy groups -OCH3 is 1. The van der Waals surface area contributed by atoms with Crippen LogP contribution in [0.5, 0.6) is 5.75 Å². The number of ether oxygens (including phenoxy) is 1. The highest BCUT2D eigenvalue weighted by molar-refractivity contribution is 5.86. The molecule has 0 aliphatic carbocycles. The molecule has 1 unspecified atom stereocenters. The molecule has 0 aliphatic heterocycles. The number of benzene rings is 1. The Balaban J connectivity index is 2.78. The van der Waals surface area contributed by atoms with Crippen molar-refractivity contribution in [1.82, 2.24) is 10.2 Å². The first kappa shape index (κ1) is 16.8. The minimum Gasteiger partial charge on any atom is -0.497 e. The molecule has 1 rings (SSSR count). The van der Waals surface area contributed by atoms with E-state index in [0.717, 1.165) is 11.3 Å². The van der Waals surface area contributed by atoms with Gasteiger partial charge in [-0.3, -0.25) is 9.59 Å². The molecule has 114 valence electrons. The van der Waals surface area contributed by atoms with Crippen LogP contribution in [0.4, 0.5) is 0 Å². The van der Waals surface area contributed by atoms with Crippen LogP contribution >= 0.6 is 0 Å². The van der Waals surface area contributed by atoms with Gasteiger partial charge in [0.1, 0.15) is 11.8 Å². The summed E-state index contributed by atoms with van der Waals surface area (Å²) in [5.74, 6) is 0.413. The molecule has 1 N–H and O–H groups in total. The van der Waals surface area contributed by atoms with E-state index in [1.165, 1.54) is 11.8 Å². The van der Waals surface area contributed by atoms with Crippen LogP contribution in [-0.4, -0.2) is 36.4 Å². The van der Waals surface area contributed by atoms with Crippen LogP contribution in [0.15, 0.2) is 36.9 Å². The summed E-state index contributed by atoms with van der Waals surface area (Å²) >= 11 is 0. The molecule has 0 bridgehead atoms. The molecule has 0 aliphatic rings. The minimum atomic E-state index is -0.537.